The molecule has 1 saturated heterocycles. The van der Waals surface area contributed by atoms with Crippen molar-refractivity contribution in [2.45, 2.75) is 39.2 Å². The summed E-state index contributed by atoms with van der Waals surface area (Å²) in [6.45, 7) is 7.50. The normalized spacial score (nSPS) is 15.6. The average molecular weight is 351 g/mol. The molecule has 0 atom stereocenters. The molecule has 2 amide bonds. The van der Waals surface area contributed by atoms with E-state index in [4.69, 9.17) is 4.74 Å². The molecule has 2 N–H and O–H groups in total. The van der Waals surface area contributed by atoms with E-state index in [1.165, 1.54) is 6.07 Å². The van der Waals surface area contributed by atoms with Crippen molar-refractivity contribution in [2.24, 2.45) is 5.92 Å². The fourth-order valence-corrected chi connectivity index (χ4v) is 2.78. The number of likely N-dealkylation sites (tertiary alicyclic amines) is 1. The number of carbonyl (C=O) groups is 2. The van der Waals surface area contributed by atoms with E-state index in [0.717, 1.165) is 12.8 Å². The van der Waals surface area contributed by atoms with E-state index >= 15 is 0 Å². The van der Waals surface area contributed by atoms with Crippen LogP contribution in [-0.4, -0.2) is 42.6 Å². The van der Waals surface area contributed by atoms with Crippen LogP contribution in [0.5, 0.6) is 0 Å². The number of nitrogens with zero attached hydrogens (tertiary/aromatic N) is 1. The van der Waals surface area contributed by atoms with Crippen LogP contribution >= 0.6 is 0 Å². The van der Waals surface area contributed by atoms with Gasteiger partial charge in [0.2, 0.25) is 6.41 Å². The van der Waals surface area contributed by atoms with Gasteiger partial charge in [-0.25, -0.2) is 9.18 Å². The Morgan fingerprint density at radius 3 is 2.64 bits per heavy atom. The van der Waals surface area contributed by atoms with Crippen LogP contribution in [0, 0.1) is 11.7 Å². The molecule has 0 radical (unpaired) electrons. The molecule has 1 heterocycles. The highest BCUT2D eigenvalue weighted by Crippen LogP contribution is 2.26. The third kappa shape index (κ3) is 5.62. The first-order chi connectivity index (χ1) is 11.8. The predicted octanol–water partition coefficient (Wildman–Crippen LogP) is 3.45. The number of rotatable bonds is 5. The van der Waals surface area contributed by atoms with Gasteiger partial charge in [0.1, 0.15) is 17.1 Å². The highest BCUT2D eigenvalue weighted by molar-refractivity contribution is 5.81. The van der Waals surface area contributed by atoms with Crippen LogP contribution in [0.4, 0.5) is 20.6 Å². The number of hydrogen-bond acceptors (Lipinski definition) is 4. The lowest BCUT2D eigenvalue weighted by Gasteiger charge is -2.33. The molecule has 7 heteroatoms. The molecule has 25 heavy (non-hydrogen) atoms. The van der Waals surface area contributed by atoms with Crippen molar-refractivity contribution in [3.63, 3.8) is 0 Å². The van der Waals surface area contributed by atoms with E-state index in [1.807, 2.05) is 20.8 Å². The Kier molecular flexibility index (Phi) is 6.22. The van der Waals surface area contributed by atoms with Crippen molar-refractivity contribution in [1.29, 1.82) is 0 Å². The quantitative estimate of drug-likeness (QED) is 0.797. The van der Waals surface area contributed by atoms with Crippen LogP contribution in [0.3, 0.4) is 0 Å². The number of piperidine rings is 1. The topological polar surface area (TPSA) is 70.7 Å². The molecule has 0 spiro atoms. The molecule has 1 aromatic rings. The van der Waals surface area contributed by atoms with Crippen LogP contribution in [-0.2, 0) is 9.53 Å². The van der Waals surface area contributed by atoms with Gasteiger partial charge >= 0.3 is 6.09 Å². The van der Waals surface area contributed by atoms with Gasteiger partial charge in [0.05, 0.1) is 5.69 Å². The lowest BCUT2D eigenvalue weighted by molar-refractivity contribution is -0.105. The monoisotopic (exact) mass is 351 g/mol. The zero-order chi connectivity index (χ0) is 18.4. The van der Waals surface area contributed by atoms with E-state index in [2.05, 4.69) is 10.6 Å². The van der Waals surface area contributed by atoms with E-state index in [9.17, 15) is 14.0 Å². The van der Waals surface area contributed by atoms with Crippen molar-refractivity contribution in [2.75, 3.05) is 30.3 Å². The number of halogens is 1. The highest BCUT2D eigenvalue weighted by Gasteiger charge is 2.26. The van der Waals surface area contributed by atoms with Crippen LogP contribution in [0.1, 0.15) is 33.6 Å². The fraction of sp³-hybridized carbons (Fsp3) is 0.556. The van der Waals surface area contributed by atoms with Crippen molar-refractivity contribution >= 4 is 23.9 Å². The summed E-state index contributed by atoms with van der Waals surface area (Å²) in [5.74, 6) is -0.108. The number of carbonyl (C=O) groups excluding carboxylic acids is 2. The summed E-state index contributed by atoms with van der Waals surface area (Å²) in [6, 6.07) is 4.62. The van der Waals surface area contributed by atoms with Gasteiger partial charge in [-0.2, -0.15) is 0 Å². The lowest BCUT2D eigenvalue weighted by atomic mass is 9.97. The van der Waals surface area contributed by atoms with Crippen LogP contribution < -0.4 is 10.6 Å². The Bertz CT molecular complexity index is 608. The second-order valence-electron chi connectivity index (χ2n) is 7.22. The van der Waals surface area contributed by atoms with Crippen molar-refractivity contribution in [1.82, 2.24) is 4.90 Å². The summed E-state index contributed by atoms with van der Waals surface area (Å²) >= 11 is 0. The number of para-hydroxylation sites is 1. The van der Waals surface area contributed by atoms with Crippen molar-refractivity contribution in [3.05, 3.63) is 24.0 Å². The van der Waals surface area contributed by atoms with Gasteiger partial charge in [0.25, 0.3) is 0 Å². The largest absolute Gasteiger partial charge is 0.444 e. The summed E-state index contributed by atoms with van der Waals surface area (Å²) in [4.78, 5) is 24.4. The third-order valence-electron chi connectivity index (χ3n) is 4.06. The number of amides is 2. The van der Waals surface area contributed by atoms with Gasteiger partial charge in [-0.1, -0.05) is 6.07 Å². The standard InChI is InChI=1S/C18H26FN3O3/c1-18(2,3)25-17(24)22-9-7-13(8-10-22)11-20-15-6-4-5-14(19)16(15)21-12-23/h4-6,12-13,20H,7-11H2,1-3H3,(H,21,23). The molecule has 0 aliphatic carbocycles. The van der Waals surface area contributed by atoms with Crippen molar-refractivity contribution in [3.8, 4) is 0 Å². The molecule has 0 unspecified atom stereocenters. The minimum Gasteiger partial charge on any atom is -0.444 e. The van der Waals surface area contributed by atoms with E-state index in [0.29, 0.717) is 37.6 Å². The molecule has 1 aromatic carbocycles. The van der Waals surface area contributed by atoms with E-state index in [-0.39, 0.29) is 11.8 Å². The molecule has 6 nitrogen and oxygen atoms in total. The predicted molar refractivity (Wildman–Crippen MR) is 95.1 cm³/mol. The number of ether oxygens (including phenoxy) is 1. The maximum atomic E-state index is 13.8. The number of anilines is 2. The number of hydrogen-bond donors (Lipinski definition) is 2. The van der Waals surface area contributed by atoms with Gasteiger partial charge in [0.15, 0.2) is 0 Å². The summed E-state index contributed by atoms with van der Waals surface area (Å²) < 4.78 is 19.1. The van der Waals surface area contributed by atoms with Gasteiger partial charge in [-0.05, 0) is 51.7 Å². The zero-order valence-electron chi connectivity index (χ0n) is 15.0. The molecule has 1 aliphatic heterocycles. The van der Waals surface area contributed by atoms with Gasteiger partial charge < -0.3 is 20.3 Å². The number of nitrogens with one attached hydrogen (secondary N) is 2. The lowest BCUT2D eigenvalue weighted by Crippen LogP contribution is -2.42. The number of benzene rings is 1. The molecule has 0 bridgehead atoms. The molecule has 2 rings (SSSR count). The summed E-state index contributed by atoms with van der Waals surface area (Å²) in [5, 5.41) is 5.58. The summed E-state index contributed by atoms with van der Waals surface area (Å²) in [6.07, 6.45) is 1.88. The highest BCUT2D eigenvalue weighted by atomic mass is 19.1. The van der Waals surface area contributed by atoms with Crippen LogP contribution in [0.15, 0.2) is 18.2 Å². The van der Waals surface area contributed by atoms with Crippen LogP contribution in [0.2, 0.25) is 0 Å². The van der Waals surface area contributed by atoms with Gasteiger partial charge in [-0.3, -0.25) is 4.79 Å². The summed E-state index contributed by atoms with van der Waals surface area (Å²) in [7, 11) is 0. The van der Waals surface area contributed by atoms with Gasteiger partial charge in [-0.15, -0.1) is 0 Å². The molecular formula is C18H26FN3O3. The Balaban J connectivity index is 1.84. The smallest absolute Gasteiger partial charge is 0.410 e. The fourth-order valence-electron chi connectivity index (χ4n) is 2.78. The first-order valence-corrected chi connectivity index (χ1v) is 8.50. The molecule has 0 aromatic heterocycles. The molecular weight excluding hydrogens is 325 g/mol. The van der Waals surface area contributed by atoms with E-state index in [1.54, 1.807) is 17.0 Å². The first-order valence-electron chi connectivity index (χ1n) is 8.50. The Labute approximate surface area is 147 Å². The maximum Gasteiger partial charge on any atom is 0.410 e. The molecule has 0 saturated carbocycles. The Morgan fingerprint density at radius 1 is 1.36 bits per heavy atom. The van der Waals surface area contributed by atoms with Crippen LogP contribution in [0.25, 0.3) is 0 Å². The second-order valence-corrected chi connectivity index (χ2v) is 7.22. The first kappa shape index (κ1) is 19.0. The van der Waals surface area contributed by atoms with Gasteiger partial charge in [0, 0.05) is 19.6 Å². The summed E-state index contributed by atoms with van der Waals surface area (Å²) in [5.41, 5.74) is 0.222. The Morgan fingerprint density at radius 2 is 2.04 bits per heavy atom. The molecule has 138 valence electrons. The molecule has 1 fully saturated rings. The third-order valence-corrected chi connectivity index (χ3v) is 4.06. The Hall–Kier alpha value is -2.31. The van der Waals surface area contributed by atoms with Crippen molar-refractivity contribution < 1.29 is 18.7 Å². The zero-order valence-corrected chi connectivity index (χ0v) is 15.0. The minimum absolute atomic E-state index is 0.156. The second kappa shape index (κ2) is 8.18. The average Bonchev–Trinajstić information content (AvgIpc) is 2.54. The molecule has 1 aliphatic rings. The SMILES string of the molecule is CC(C)(C)OC(=O)N1CCC(CNc2cccc(F)c2NC=O)CC1. The van der Waals surface area contributed by atoms with E-state index < -0.39 is 11.4 Å². The minimum atomic E-state index is -0.491. The maximum absolute atomic E-state index is 13.8.